The van der Waals surface area contributed by atoms with Crippen molar-refractivity contribution in [2.45, 2.75) is 202 Å². The van der Waals surface area contributed by atoms with E-state index in [4.69, 9.17) is 21.0 Å². The number of carbonyl (C=O) groups excluding carboxylic acids is 11. The van der Waals surface area contributed by atoms with Gasteiger partial charge < -0.3 is 88.7 Å². The van der Waals surface area contributed by atoms with Gasteiger partial charge in [0.25, 0.3) is 5.91 Å². The van der Waals surface area contributed by atoms with E-state index in [1.807, 2.05) is 12.1 Å². The molecule has 550 valence electrons. The number of fused-ring (bicyclic) bond motifs is 7. The Labute approximate surface area is 589 Å². The molecule has 4 bridgehead atoms. The Morgan fingerprint density at radius 1 is 0.610 bits per heavy atom. The highest BCUT2D eigenvalue weighted by Crippen LogP contribution is 2.28. The molecule has 11 amide bonds. The molecule has 6 rings (SSSR count). The van der Waals surface area contributed by atoms with Gasteiger partial charge in [0.15, 0.2) is 0 Å². The number of phenolic OH excluding ortho intramolecular Hbond substituents is 1. The summed E-state index contributed by atoms with van der Waals surface area (Å²) >= 11 is 2.45. The number of carboxylic acid groups (broad SMARTS) is 2. The largest absolute Gasteiger partial charge is 0.508 e. The number of nitrogens with zero attached hydrogens (tertiary/aromatic N) is 3. The molecule has 100 heavy (non-hydrogen) atoms. The summed E-state index contributed by atoms with van der Waals surface area (Å²) in [6.45, 7) is 7.51. The first-order chi connectivity index (χ1) is 47.7. The molecule has 10 atom stereocenters. The number of hydrogen-bond donors (Lipinski definition) is 13. The van der Waals surface area contributed by atoms with E-state index in [0.29, 0.717) is 67.7 Å². The first kappa shape index (κ1) is 80.3. The molecule has 0 aromatic heterocycles. The topological polar surface area (TPSA) is 468 Å². The summed E-state index contributed by atoms with van der Waals surface area (Å²) in [5, 5.41) is 55.0. The lowest BCUT2D eigenvalue weighted by Gasteiger charge is -2.32. The van der Waals surface area contributed by atoms with Crippen molar-refractivity contribution in [3.63, 3.8) is 0 Å². The Morgan fingerprint density at radius 3 is 1.78 bits per heavy atom. The van der Waals surface area contributed by atoms with Crippen LogP contribution in [0, 0.1) is 11.8 Å². The van der Waals surface area contributed by atoms with Gasteiger partial charge in [-0.05, 0) is 143 Å². The molecular formula is C67H97N13O18S2. The Balaban J connectivity index is 1.42. The van der Waals surface area contributed by atoms with Gasteiger partial charge in [-0.1, -0.05) is 51.0 Å². The standard InChI is InChI=1S/C67H97N13O18S2/c1-38(2)27-47-61(90)73-49(32-56(85)86)63(92)78-57(39(3)4)67(96)80-24-12-15-53(80)65(94)75-48(31-40-16-18-43(81)19-17-40)62(91)72-46(20-21-55(83)84)60(89)76-50(58(69)87)36-99-34-41-28-42-30-44(29-41)97-25-9-5-6-10-26-98-70-33-54(82)71-45(13-7-8-22-68)59(88)77-51(37-100-35-42)66(95)79-23-11-14-52(79)64(93)74-47/h16-19,28-30,33,38-39,45-53,57,81H,5-15,20-27,31-32,34-37,68H2,1-4H3,(H2,69,87)(H,71,82)(H,72,91)(H,73,90)(H,74,93)(H,75,94)(H,76,89)(H,77,88)(H,78,92)(H,83,84)(H,85,86)/b70-33+/t45-,46-,47-,48-,49-,50-,51-,52-,53-,57?/m0/s1. The van der Waals surface area contributed by atoms with Gasteiger partial charge in [0.05, 0.1) is 13.0 Å². The lowest BCUT2D eigenvalue weighted by atomic mass is 10.00. The Morgan fingerprint density at radius 2 is 1.17 bits per heavy atom. The highest BCUT2D eigenvalue weighted by molar-refractivity contribution is 7.98. The van der Waals surface area contributed by atoms with Gasteiger partial charge in [-0.25, -0.2) is 0 Å². The Hall–Kier alpha value is -8.72. The SMILES string of the molecule is CC(C)C[C@@H]1NC(=O)[C@@H]2CCCN2C(=O)[C@@H]2CSCc3cc(cc(c3)OCCCCCCO/N=C/C(=O)N[C@@H](CCCCN)C(=O)N2)CSC[C@@H](C(N)=O)NC(=O)[C@H](CCC(=O)O)NC(=O)[C@H](Cc2ccc(O)cc2)NC(=O)[C@@H]2CCCN2C(=O)C(C(C)C)NC(=O)[C@H](CC(=O)O)NC1=O. The van der Waals surface area contributed by atoms with E-state index < -0.39 is 163 Å². The number of unbranched alkanes of at least 4 members (excludes halogenated alkanes) is 1. The van der Waals surface area contributed by atoms with Crippen LogP contribution >= 0.6 is 23.5 Å². The third-order valence-electron chi connectivity index (χ3n) is 17.2. The number of benzene rings is 2. The molecule has 0 radical (unpaired) electrons. The second-order valence-electron chi connectivity index (χ2n) is 26.1. The number of primary amides is 1. The molecule has 4 aliphatic rings. The molecule has 2 aromatic rings. The minimum absolute atomic E-state index is 0.0180. The van der Waals surface area contributed by atoms with Gasteiger partial charge in [0, 0.05) is 48.9 Å². The number of oxime groups is 1. The smallest absolute Gasteiger partial charge is 0.305 e. The third kappa shape index (κ3) is 25.8. The maximum atomic E-state index is 15.2. The van der Waals surface area contributed by atoms with Crippen molar-refractivity contribution in [2.24, 2.45) is 28.5 Å². The third-order valence-corrected chi connectivity index (χ3v) is 19.4. The van der Waals surface area contributed by atoms with Crippen LogP contribution in [0.1, 0.15) is 141 Å². The second kappa shape index (κ2) is 40.5. The van der Waals surface area contributed by atoms with Crippen LogP contribution in [0.25, 0.3) is 0 Å². The Bertz CT molecular complexity index is 3230. The molecule has 33 heteroatoms. The summed E-state index contributed by atoms with van der Waals surface area (Å²) in [7, 11) is 0. The highest BCUT2D eigenvalue weighted by Gasteiger charge is 2.43. The monoisotopic (exact) mass is 1440 g/mol. The van der Waals surface area contributed by atoms with E-state index in [1.165, 1.54) is 57.6 Å². The number of rotatable bonds is 15. The van der Waals surface area contributed by atoms with Crippen molar-refractivity contribution in [2.75, 3.05) is 44.4 Å². The minimum atomic E-state index is -1.84. The van der Waals surface area contributed by atoms with E-state index >= 15 is 4.79 Å². The second-order valence-corrected chi connectivity index (χ2v) is 28.2. The number of carbonyl (C=O) groups is 13. The molecule has 0 saturated carbocycles. The molecule has 0 spiro atoms. The fourth-order valence-corrected chi connectivity index (χ4v) is 13.9. The molecule has 2 aromatic carbocycles. The molecule has 4 aliphatic heterocycles. The molecule has 15 N–H and O–H groups in total. The van der Waals surface area contributed by atoms with Gasteiger partial charge in [-0.3, -0.25) is 62.3 Å². The van der Waals surface area contributed by atoms with Crippen LogP contribution in [0.15, 0.2) is 47.6 Å². The van der Waals surface area contributed by atoms with Crippen molar-refractivity contribution < 1.29 is 87.2 Å². The van der Waals surface area contributed by atoms with Crippen LogP contribution in [0.3, 0.4) is 0 Å². The van der Waals surface area contributed by atoms with Crippen LogP contribution in [0.5, 0.6) is 11.5 Å². The van der Waals surface area contributed by atoms with Crippen LogP contribution in [0.2, 0.25) is 0 Å². The molecule has 2 fully saturated rings. The number of aromatic hydroxyl groups is 1. The number of nitrogens with two attached hydrogens (primary N) is 2. The van der Waals surface area contributed by atoms with E-state index in [-0.39, 0.29) is 92.9 Å². The number of carboxylic acids is 2. The maximum absolute atomic E-state index is 15.2. The Kier molecular flexibility index (Phi) is 32.5. The van der Waals surface area contributed by atoms with Gasteiger partial charge in [0.2, 0.25) is 59.1 Å². The van der Waals surface area contributed by atoms with Crippen molar-refractivity contribution in [1.29, 1.82) is 0 Å². The predicted octanol–water partition coefficient (Wildman–Crippen LogP) is 0.586. The zero-order chi connectivity index (χ0) is 73.0. The zero-order valence-electron chi connectivity index (χ0n) is 57.0. The van der Waals surface area contributed by atoms with Crippen LogP contribution in [-0.2, 0) is 85.1 Å². The van der Waals surface area contributed by atoms with Gasteiger partial charge in [-0.2, -0.15) is 23.5 Å². The average Bonchev–Trinajstić information content (AvgIpc) is 1.57. The van der Waals surface area contributed by atoms with Crippen LogP contribution in [0.4, 0.5) is 0 Å². The van der Waals surface area contributed by atoms with Crippen molar-refractivity contribution in [3.05, 3.63) is 59.2 Å². The molecule has 2 saturated heterocycles. The molecular weight excluding hydrogens is 1340 g/mol. The van der Waals surface area contributed by atoms with Crippen LogP contribution in [-0.4, -0.2) is 213 Å². The molecule has 4 heterocycles. The highest BCUT2D eigenvalue weighted by atomic mass is 32.2. The summed E-state index contributed by atoms with van der Waals surface area (Å²) in [5.41, 5.74) is 13.5. The number of thioether (sulfide) groups is 2. The summed E-state index contributed by atoms with van der Waals surface area (Å²) in [6, 6.07) is -3.10. The van der Waals surface area contributed by atoms with E-state index in [0.717, 1.165) is 19.1 Å². The van der Waals surface area contributed by atoms with Crippen LogP contribution < -0.4 is 58.7 Å². The number of ether oxygens (including phenoxy) is 1. The number of nitrogens with one attached hydrogen (secondary N) is 8. The molecule has 0 aliphatic carbocycles. The first-order valence-electron chi connectivity index (χ1n) is 34.0. The predicted molar refractivity (Wildman–Crippen MR) is 369 cm³/mol. The van der Waals surface area contributed by atoms with E-state index in [1.54, 1.807) is 33.8 Å². The van der Waals surface area contributed by atoms with E-state index in [2.05, 4.69) is 47.7 Å². The minimum Gasteiger partial charge on any atom is -0.508 e. The number of hydrogen-bond acceptors (Lipinski definition) is 20. The normalized spacial score (nSPS) is 25.8. The molecule has 31 nitrogen and oxygen atoms in total. The molecule has 1 unspecified atom stereocenters. The van der Waals surface area contributed by atoms with Gasteiger partial charge in [-0.15, -0.1) is 0 Å². The summed E-state index contributed by atoms with van der Waals surface area (Å²) in [5.74, 6) is -12.8. The van der Waals surface area contributed by atoms with Crippen molar-refractivity contribution in [1.82, 2.24) is 52.3 Å². The summed E-state index contributed by atoms with van der Waals surface area (Å²) in [4.78, 5) is 190. The fourth-order valence-electron chi connectivity index (χ4n) is 11.9. The summed E-state index contributed by atoms with van der Waals surface area (Å²) < 4.78 is 6.29. The van der Waals surface area contributed by atoms with Crippen molar-refractivity contribution in [3.8, 4) is 11.5 Å². The van der Waals surface area contributed by atoms with Crippen molar-refractivity contribution >= 4 is 107 Å². The number of phenols is 1. The first-order valence-corrected chi connectivity index (χ1v) is 36.3. The fraction of sp³-hybridized carbons (Fsp3) is 0.612. The average molecular weight is 1440 g/mol. The number of aliphatic carboxylic acids is 2. The van der Waals surface area contributed by atoms with Gasteiger partial charge >= 0.3 is 11.9 Å². The van der Waals surface area contributed by atoms with Gasteiger partial charge in [0.1, 0.15) is 84.7 Å². The number of amides is 11. The summed E-state index contributed by atoms with van der Waals surface area (Å²) in [6.07, 6.45) is 3.06. The zero-order valence-corrected chi connectivity index (χ0v) is 58.6. The quantitative estimate of drug-likeness (QED) is 0.109. The lowest BCUT2D eigenvalue weighted by Crippen LogP contribution is -2.61. The lowest BCUT2D eigenvalue weighted by molar-refractivity contribution is -0.144. The maximum Gasteiger partial charge on any atom is 0.305 e. The van der Waals surface area contributed by atoms with E-state index in [9.17, 15) is 72.9 Å².